The van der Waals surface area contributed by atoms with E-state index in [4.69, 9.17) is 5.11 Å². The molecule has 0 spiro atoms. The van der Waals surface area contributed by atoms with Crippen LogP contribution >= 0.6 is 0 Å². The number of aromatic amines is 1. The highest BCUT2D eigenvalue weighted by molar-refractivity contribution is 5.87. The highest BCUT2D eigenvalue weighted by Crippen LogP contribution is 2.32. The van der Waals surface area contributed by atoms with Crippen LogP contribution in [0.15, 0.2) is 18.2 Å². The summed E-state index contributed by atoms with van der Waals surface area (Å²) in [6.45, 7) is 1.88. The number of carbonyl (C=O) groups is 1. The molecule has 0 aliphatic carbocycles. The van der Waals surface area contributed by atoms with Crippen LogP contribution in [0.5, 0.6) is 0 Å². The summed E-state index contributed by atoms with van der Waals surface area (Å²) in [6.07, 6.45) is 0.373. The lowest BCUT2D eigenvalue weighted by atomic mass is 9.95. The molecule has 3 N–H and O–H groups in total. The summed E-state index contributed by atoms with van der Waals surface area (Å²) in [7, 11) is 0. The SMILES string of the molecule is CC1NC(C(=O)O)Cc2c1[nH]c1c(F)cccc21. The zero-order chi connectivity index (χ0) is 12.9. The van der Waals surface area contributed by atoms with E-state index in [9.17, 15) is 9.18 Å². The number of aliphatic carboxylic acids is 1. The van der Waals surface area contributed by atoms with E-state index in [-0.39, 0.29) is 11.9 Å². The largest absolute Gasteiger partial charge is 0.480 e. The Hall–Kier alpha value is -1.88. The number of nitrogens with one attached hydrogen (secondary N) is 2. The minimum atomic E-state index is -0.877. The van der Waals surface area contributed by atoms with Gasteiger partial charge >= 0.3 is 5.97 Å². The van der Waals surface area contributed by atoms with E-state index in [1.165, 1.54) is 6.07 Å². The number of hydrogen-bond acceptors (Lipinski definition) is 2. The molecule has 0 saturated carbocycles. The summed E-state index contributed by atoms with van der Waals surface area (Å²) in [6, 6.07) is 4.13. The highest BCUT2D eigenvalue weighted by atomic mass is 19.1. The fraction of sp³-hybridized carbons (Fsp3) is 0.308. The first-order chi connectivity index (χ1) is 8.58. The van der Waals surface area contributed by atoms with Gasteiger partial charge in [-0.2, -0.15) is 0 Å². The van der Waals surface area contributed by atoms with Gasteiger partial charge in [0, 0.05) is 23.5 Å². The molecule has 1 aromatic carbocycles. The van der Waals surface area contributed by atoms with Crippen LogP contribution in [0, 0.1) is 5.82 Å². The van der Waals surface area contributed by atoms with Gasteiger partial charge in [0.15, 0.2) is 0 Å². The summed E-state index contributed by atoms with van der Waals surface area (Å²) in [5.74, 6) is -1.18. The molecular formula is C13H13FN2O2. The van der Waals surface area contributed by atoms with E-state index in [0.29, 0.717) is 11.9 Å². The second-order valence-corrected chi connectivity index (χ2v) is 4.66. The van der Waals surface area contributed by atoms with Crippen LogP contribution in [-0.2, 0) is 11.2 Å². The molecule has 4 nitrogen and oxygen atoms in total. The first kappa shape index (κ1) is 11.2. The van der Waals surface area contributed by atoms with Crippen LogP contribution in [0.2, 0.25) is 0 Å². The van der Waals surface area contributed by atoms with Crippen molar-refractivity contribution in [1.82, 2.24) is 10.3 Å². The zero-order valence-corrected chi connectivity index (χ0v) is 9.83. The van der Waals surface area contributed by atoms with Crippen molar-refractivity contribution < 1.29 is 14.3 Å². The Morgan fingerprint density at radius 3 is 3.00 bits per heavy atom. The van der Waals surface area contributed by atoms with E-state index in [1.807, 2.05) is 13.0 Å². The Morgan fingerprint density at radius 1 is 1.50 bits per heavy atom. The van der Waals surface area contributed by atoms with Crippen molar-refractivity contribution in [3.05, 3.63) is 35.3 Å². The molecular weight excluding hydrogens is 235 g/mol. The number of carboxylic acid groups (broad SMARTS) is 1. The molecule has 0 radical (unpaired) electrons. The van der Waals surface area contributed by atoms with Crippen LogP contribution in [0.25, 0.3) is 10.9 Å². The number of halogens is 1. The smallest absolute Gasteiger partial charge is 0.321 e. The molecule has 1 aliphatic heterocycles. The molecule has 5 heteroatoms. The molecule has 2 unspecified atom stereocenters. The predicted octanol–water partition coefficient (Wildman–Crippen LogP) is 1.97. The van der Waals surface area contributed by atoms with Crippen LogP contribution in [0.4, 0.5) is 4.39 Å². The van der Waals surface area contributed by atoms with E-state index >= 15 is 0 Å². The van der Waals surface area contributed by atoms with Gasteiger partial charge in [0.05, 0.1) is 5.52 Å². The van der Waals surface area contributed by atoms with Gasteiger partial charge in [0.2, 0.25) is 0 Å². The predicted molar refractivity (Wildman–Crippen MR) is 64.9 cm³/mol. The first-order valence-electron chi connectivity index (χ1n) is 5.85. The Balaban J connectivity index is 2.20. The number of fused-ring (bicyclic) bond motifs is 3. The van der Waals surface area contributed by atoms with Crippen molar-refractivity contribution in [2.45, 2.75) is 25.4 Å². The van der Waals surface area contributed by atoms with Crippen molar-refractivity contribution in [2.75, 3.05) is 0 Å². The number of carboxylic acids is 1. The summed E-state index contributed by atoms with van der Waals surface area (Å²) in [5.41, 5.74) is 2.25. The third-order valence-electron chi connectivity index (χ3n) is 3.51. The first-order valence-corrected chi connectivity index (χ1v) is 5.85. The van der Waals surface area contributed by atoms with Gasteiger partial charge in [0.1, 0.15) is 11.9 Å². The second kappa shape index (κ2) is 3.81. The summed E-state index contributed by atoms with van der Waals surface area (Å²) >= 11 is 0. The number of H-pyrrole nitrogens is 1. The maximum atomic E-state index is 13.7. The molecule has 94 valence electrons. The Morgan fingerprint density at radius 2 is 2.28 bits per heavy atom. The molecule has 3 rings (SSSR count). The molecule has 18 heavy (non-hydrogen) atoms. The number of para-hydroxylation sites is 1. The van der Waals surface area contributed by atoms with Crippen LogP contribution in [0.3, 0.4) is 0 Å². The third-order valence-corrected chi connectivity index (χ3v) is 3.51. The fourth-order valence-corrected chi connectivity index (χ4v) is 2.65. The van der Waals surface area contributed by atoms with Gasteiger partial charge in [-0.1, -0.05) is 12.1 Å². The lowest BCUT2D eigenvalue weighted by molar-refractivity contribution is -0.139. The van der Waals surface area contributed by atoms with E-state index in [2.05, 4.69) is 10.3 Å². The Kier molecular flexibility index (Phi) is 2.38. The molecule has 0 amide bonds. The van der Waals surface area contributed by atoms with Gasteiger partial charge in [-0.15, -0.1) is 0 Å². The quantitative estimate of drug-likeness (QED) is 0.723. The van der Waals surface area contributed by atoms with E-state index < -0.39 is 12.0 Å². The van der Waals surface area contributed by atoms with E-state index in [1.54, 1.807) is 6.07 Å². The van der Waals surface area contributed by atoms with E-state index in [0.717, 1.165) is 16.6 Å². The number of hydrogen-bond donors (Lipinski definition) is 3. The molecule has 2 atom stereocenters. The monoisotopic (exact) mass is 248 g/mol. The molecule has 1 aliphatic rings. The van der Waals surface area contributed by atoms with Crippen LogP contribution in [-0.4, -0.2) is 22.1 Å². The second-order valence-electron chi connectivity index (χ2n) is 4.66. The van der Waals surface area contributed by atoms with Gasteiger partial charge in [-0.25, -0.2) is 4.39 Å². The summed E-state index contributed by atoms with van der Waals surface area (Å²) in [5, 5.41) is 12.9. The minimum Gasteiger partial charge on any atom is -0.480 e. The van der Waals surface area contributed by atoms with Crippen LogP contribution < -0.4 is 5.32 Å². The fourth-order valence-electron chi connectivity index (χ4n) is 2.65. The minimum absolute atomic E-state index is 0.123. The molecule has 2 aromatic rings. The maximum absolute atomic E-state index is 13.7. The average molecular weight is 248 g/mol. The van der Waals surface area contributed by atoms with Crippen molar-refractivity contribution in [2.24, 2.45) is 0 Å². The average Bonchev–Trinajstić information content (AvgIpc) is 2.70. The zero-order valence-electron chi connectivity index (χ0n) is 9.83. The molecule has 1 aromatic heterocycles. The Labute approximate surface area is 103 Å². The molecule has 0 bridgehead atoms. The summed E-state index contributed by atoms with van der Waals surface area (Å²) < 4.78 is 13.7. The lowest BCUT2D eigenvalue weighted by Gasteiger charge is -2.26. The van der Waals surface area contributed by atoms with Crippen LogP contribution in [0.1, 0.15) is 24.2 Å². The third kappa shape index (κ3) is 1.51. The number of rotatable bonds is 1. The highest BCUT2D eigenvalue weighted by Gasteiger charge is 2.31. The number of benzene rings is 1. The number of aromatic nitrogens is 1. The summed E-state index contributed by atoms with van der Waals surface area (Å²) in [4.78, 5) is 14.2. The molecule has 0 fully saturated rings. The van der Waals surface area contributed by atoms with Gasteiger partial charge in [-0.3, -0.25) is 10.1 Å². The lowest BCUT2D eigenvalue weighted by Crippen LogP contribution is -2.43. The van der Waals surface area contributed by atoms with Crippen molar-refractivity contribution in [1.29, 1.82) is 0 Å². The normalized spacial score (nSPS) is 23.0. The van der Waals surface area contributed by atoms with Crippen molar-refractivity contribution in [3.8, 4) is 0 Å². The molecule has 0 saturated heterocycles. The van der Waals surface area contributed by atoms with Gasteiger partial charge in [-0.05, 0) is 18.6 Å². The molecule has 2 heterocycles. The van der Waals surface area contributed by atoms with Crippen molar-refractivity contribution >= 4 is 16.9 Å². The van der Waals surface area contributed by atoms with Crippen molar-refractivity contribution in [3.63, 3.8) is 0 Å². The van der Waals surface area contributed by atoms with Gasteiger partial charge < -0.3 is 10.1 Å². The maximum Gasteiger partial charge on any atom is 0.321 e. The standard InChI is InChI=1S/C13H13FN2O2/c1-6-11-8(5-10(15-6)13(17)18)7-3-2-4-9(14)12(7)16-11/h2-4,6,10,15-16H,5H2,1H3,(H,17,18). The Bertz CT molecular complexity index is 635. The topological polar surface area (TPSA) is 65.1 Å². The van der Waals surface area contributed by atoms with Gasteiger partial charge in [0.25, 0.3) is 0 Å².